The second-order valence-electron chi connectivity index (χ2n) is 3.86. The Labute approximate surface area is 89.9 Å². The minimum atomic E-state index is -0.436. The number of nitrogens with one attached hydrogen (secondary N) is 1. The average Bonchev–Trinajstić information content (AvgIpc) is 2.30. The van der Waals surface area contributed by atoms with Crippen LogP contribution in [0, 0.1) is 0 Å². The van der Waals surface area contributed by atoms with E-state index in [-0.39, 0.29) is 0 Å². The molecule has 82 valence electrons. The van der Waals surface area contributed by atoms with Gasteiger partial charge in [-0.05, 0) is 18.6 Å². The SMILES string of the molecule is CC(O)c1ccc(N2CCNCC2)nc1. The number of nitrogens with zero attached hydrogens (tertiary/aromatic N) is 2. The molecule has 4 heteroatoms. The molecule has 0 bridgehead atoms. The van der Waals surface area contributed by atoms with Crippen molar-refractivity contribution in [1.82, 2.24) is 10.3 Å². The lowest BCUT2D eigenvalue weighted by atomic mass is 10.2. The van der Waals surface area contributed by atoms with Crippen molar-refractivity contribution in [3.05, 3.63) is 23.9 Å². The summed E-state index contributed by atoms with van der Waals surface area (Å²) >= 11 is 0. The van der Waals surface area contributed by atoms with Crippen LogP contribution in [0.3, 0.4) is 0 Å². The van der Waals surface area contributed by atoms with Gasteiger partial charge >= 0.3 is 0 Å². The third kappa shape index (κ3) is 2.46. The molecule has 2 N–H and O–H groups in total. The van der Waals surface area contributed by atoms with E-state index >= 15 is 0 Å². The molecule has 0 radical (unpaired) electrons. The van der Waals surface area contributed by atoms with E-state index in [0.717, 1.165) is 37.6 Å². The molecule has 1 unspecified atom stereocenters. The fourth-order valence-corrected chi connectivity index (χ4v) is 1.73. The third-order valence-corrected chi connectivity index (χ3v) is 2.69. The summed E-state index contributed by atoms with van der Waals surface area (Å²) in [4.78, 5) is 6.61. The van der Waals surface area contributed by atoms with Gasteiger partial charge in [0, 0.05) is 32.4 Å². The lowest BCUT2D eigenvalue weighted by Gasteiger charge is -2.28. The molecular weight excluding hydrogens is 190 g/mol. The Morgan fingerprint density at radius 3 is 2.67 bits per heavy atom. The predicted molar refractivity (Wildman–Crippen MR) is 60.0 cm³/mol. The first-order valence-electron chi connectivity index (χ1n) is 5.37. The molecule has 0 aromatic carbocycles. The molecule has 2 rings (SSSR count). The molecule has 2 heterocycles. The van der Waals surface area contributed by atoms with E-state index in [1.54, 1.807) is 13.1 Å². The van der Waals surface area contributed by atoms with Crippen molar-refractivity contribution in [2.24, 2.45) is 0 Å². The van der Waals surface area contributed by atoms with Gasteiger partial charge in [-0.15, -0.1) is 0 Å². The number of pyridine rings is 1. The molecule has 1 fully saturated rings. The van der Waals surface area contributed by atoms with Crippen molar-refractivity contribution < 1.29 is 5.11 Å². The molecule has 1 atom stereocenters. The Kier molecular flexibility index (Phi) is 3.18. The Morgan fingerprint density at radius 1 is 1.40 bits per heavy atom. The minimum absolute atomic E-state index is 0.436. The highest BCUT2D eigenvalue weighted by atomic mass is 16.3. The summed E-state index contributed by atoms with van der Waals surface area (Å²) in [5, 5.41) is 12.7. The van der Waals surface area contributed by atoms with Gasteiger partial charge in [-0.25, -0.2) is 4.98 Å². The van der Waals surface area contributed by atoms with Gasteiger partial charge in [-0.2, -0.15) is 0 Å². The zero-order valence-corrected chi connectivity index (χ0v) is 8.98. The van der Waals surface area contributed by atoms with Crippen molar-refractivity contribution >= 4 is 5.82 Å². The van der Waals surface area contributed by atoms with Gasteiger partial charge in [-0.1, -0.05) is 6.07 Å². The summed E-state index contributed by atoms with van der Waals surface area (Å²) in [7, 11) is 0. The van der Waals surface area contributed by atoms with Gasteiger partial charge < -0.3 is 15.3 Å². The number of aliphatic hydroxyl groups is 1. The van der Waals surface area contributed by atoms with Crippen LogP contribution >= 0.6 is 0 Å². The second kappa shape index (κ2) is 4.59. The highest BCUT2D eigenvalue weighted by Gasteiger charge is 2.11. The highest BCUT2D eigenvalue weighted by molar-refractivity contribution is 5.40. The van der Waals surface area contributed by atoms with Crippen molar-refractivity contribution in [2.45, 2.75) is 13.0 Å². The molecule has 15 heavy (non-hydrogen) atoms. The summed E-state index contributed by atoms with van der Waals surface area (Å²) < 4.78 is 0. The fourth-order valence-electron chi connectivity index (χ4n) is 1.73. The van der Waals surface area contributed by atoms with Crippen LogP contribution in [0.15, 0.2) is 18.3 Å². The topological polar surface area (TPSA) is 48.4 Å². The normalized spacial score (nSPS) is 18.9. The van der Waals surface area contributed by atoms with Crippen molar-refractivity contribution in [3.63, 3.8) is 0 Å². The van der Waals surface area contributed by atoms with Crippen LogP contribution in [0.1, 0.15) is 18.6 Å². The van der Waals surface area contributed by atoms with E-state index in [1.807, 2.05) is 12.1 Å². The fraction of sp³-hybridized carbons (Fsp3) is 0.545. The van der Waals surface area contributed by atoms with Gasteiger partial charge in [0.05, 0.1) is 6.10 Å². The van der Waals surface area contributed by atoms with Crippen molar-refractivity contribution in [3.8, 4) is 0 Å². The molecule has 0 saturated carbocycles. The number of hydrogen-bond donors (Lipinski definition) is 2. The van der Waals surface area contributed by atoms with Gasteiger partial charge in [0.25, 0.3) is 0 Å². The standard InChI is InChI=1S/C11H17N3O/c1-9(15)10-2-3-11(13-8-10)14-6-4-12-5-7-14/h2-3,8-9,12,15H,4-7H2,1H3. The molecular formula is C11H17N3O. The first kappa shape index (κ1) is 10.4. The smallest absolute Gasteiger partial charge is 0.128 e. The maximum atomic E-state index is 9.36. The maximum Gasteiger partial charge on any atom is 0.128 e. The Morgan fingerprint density at radius 2 is 2.13 bits per heavy atom. The molecule has 1 aliphatic heterocycles. The first-order chi connectivity index (χ1) is 7.27. The van der Waals surface area contributed by atoms with E-state index in [4.69, 9.17) is 0 Å². The largest absolute Gasteiger partial charge is 0.389 e. The van der Waals surface area contributed by atoms with E-state index < -0.39 is 6.10 Å². The molecule has 0 spiro atoms. The highest BCUT2D eigenvalue weighted by Crippen LogP contribution is 2.15. The lowest BCUT2D eigenvalue weighted by molar-refractivity contribution is 0.199. The van der Waals surface area contributed by atoms with Crippen LogP contribution in [0.2, 0.25) is 0 Å². The average molecular weight is 207 g/mol. The monoisotopic (exact) mass is 207 g/mol. The number of aromatic nitrogens is 1. The summed E-state index contributed by atoms with van der Waals surface area (Å²) in [5.41, 5.74) is 0.869. The van der Waals surface area contributed by atoms with Gasteiger partial charge in [0.15, 0.2) is 0 Å². The van der Waals surface area contributed by atoms with Gasteiger partial charge in [0.2, 0.25) is 0 Å². The molecule has 1 saturated heterocycles. The van der Waals surface area contributed by atoms with E-state index in [0.29, 0.717) is 0 Å². The van der Waals surface area contributed by atoms with Crippen LogP contribution in [-0.4, -0.2) is 36.3 Å². The summed E-state index contributed by atoms with van der Waals surface area (Å²) in [6, 6.07) is 3.92. The van der Waals surface area contributed by atoms with Crippen LogP contribution in [0.25, 0.3) is 0 Å². The minimum Gasteiger partial charge on any atom is -0.389 e. The van der Waals surface area contributed by atoms with Crippen LogP contribution in [0.4, 0.5) is 5.82 Å². The first-order valence-corrected chi connectivity index (χ1v) is 5.37. The number of anilines is 1. The summed E-state index contributed by atoms with van der Waals surface area (Å²) in [6.07, 6.45) is 1.32. The number of rotatable bonds is 2. The third-order valence-electron chi connectivity index (χ3n) is 2.69. The quantitative estimate of drug-likeness (QED) is 0.743. The number of hydrogen-bond acceptors (Lipinski definition) is 4. The Bertz CT molecular complexity index is 304. The van der Waals surface area contributed by atoms with E-state index in [1.165, 1.54) is 0 Å². The molecule has 1 aliphatic rings. The zero-order chi connectivity index (χ0) is 10.7. The second-order valence-corrected chi connectivity index (χ2v) is 3.86. The summed E-state index contributed by atoms with van der Waals surface area (Å²) in [5.74, 6) is 1.00. The summed E-state index contributed by atoms with van der Waals surface area (Å²) in [6.45, 7) is 5.78. The van der Waals surface area contributed by atoms with E-state index in [2.05, 4.69) is 15.2 Å². The van der Waals surface area contributed by atoms with Gasteiger partial charge in [0.1, 0.15) is 5.82 Å². The Hall–Kier alpha value is -1.13. The van der Waals surface area contributed by atoms with Crippen molar-refractivity contribution in [1.29, 1.82) is 0 Å². The molecule has 0 aliphatic carbocycles. The van der Waals surface area contributed by atoms with Crippen LogP contribution in [-0.2, 0) is 0 Å². The van der Waals surface area contributed by atoms with Crippen LogP contribution in [0.5, 0.6) is 0 Å². The molecule has 0 amide bonds. The number of piperazine rings is 1. The van der Waals surface area contributed by atoms with Crippen LogP contribution < -0.4 is 10.2 Å². The number of aliphatic hydroxyl groups excluding tert-OH is 1. The molecule has 1 aromatic rings. The zero-order valence-electron chi connectivity index (χ0n) is 8.98. The Balaban J connectivity index is 2.08. The predicted octanol–water partition coefficient (Wildman–Crippen LogP) is 0.544. The van der Waals surface area contributed by atoms with Crippen molar-refractivity contribution in [2.75, 3.05) is 31.1 Å². The maximum absolute atomic E-state index is 9.36. The molecule has 1 aromatic heterocycles. The van der Waals surface area contributed by atoms with E-state index in [9.17, 15) is 5.11 Å². The lowest BCUT2D eigenvalue weighted by Crippen LogP contribution is -2.43. The molecule has 4 nitrogen and oxygen atoms in total. The van der Waals surface area contributed by atoms with Gasteiger partial charge in [-0.3, -0.25) is 0 Å².